The average molecular weight is 290 g/mol. The normalized spacial score (nSPS) is 33.1. The van der Waals surface area contributed by atoms with E-state index in [2.05, 4.69) is 0 Å². The Morgan fingerprint density at radius 1 is 1.48 bits per heavy atom. The van der Waals surface area contributed by atoms with E-state index in [9.17, 15) is 9.90 Å². The third-order valence-corrected chi connectivity index (χ3v) is 5.33. The van der Waals surface area contributed by atoms with Gasteiger partial charge >= 0.3 is 0 Å². The minimum absolute atomic E-state index is 0.0593. The Hall–Kier alpha value is -1.59. The largest absolute Gasteiger partial charge is 0.508 e. The van der Waals surface area contributed by atoms with E-state index < -0.39 is 11.0 Å². The fourth-order valence-corrected chi connectivity index (χ4v) is 3.91. The molecule has 5 heteroatoms. The molecule has 0 aromatic heterocycles. The molecule has 1 aliphatic carbocycles. The van der Waals surface area contributed by atoms with Crippen LogP contribution in [0.3, 0.4) is 0 Å². The number of nitrogens with zero attached hydrogens (tertiary/aromatic N) is 1. The molecule has 3 N–H and O–H groups in total. The Kier molecular flexibility index (Phi) is 3.04. The summed E-state index contributed by atoms with van der Waals surface area (Å²) in [5, 5.41) is 9.58. The van der Waals surface area contributed by atoms with Gasteiger partial charge in [0.25, 0.3) is 0 Å². The van der Waals surface area contributed by atoms with Gasteiger partial charge in [-0.1, -0.05) is 19.9 Å². The lowest BCUT2D eigenvalue weighted by Crippen LogP contribution is -2.80. The van der Waals surface area contributed by atoms with Crippen molar-refractivity contribution >= 4 is 11.6 Å². The first kappa shape index (κ1) is 14.4. The van der Waals surface area contributed by atoms with E-state index >= 15 is 0 Å². The molecule has 114 valence electrons. The first-order chi connectivity index (χ1) is 9.80. The van der Waals surface area contributed by atoms with E-state index in [0.717, 1.165) is 6.42 Å². The van der Waals surface area contributed by atoms with Gasteiger partial charge < -0.3 is 20.5 Å². The molecular formula is C16H22N2O3. The topological polar surface area (TPSA) is 75.8 Å². The Labute approximate surface area is 124 Å². The van der Waals surface area contributed by atoms with Crippen LogP contribution in [0.15, 0.2) is 24.3 Å². The molecule has 1 aliphatic heterocycles. The molecule has 3 atom stereocenters. The molecule has 3 rings (SSSR count). The number of amides is 1. The van der Waals surface area contributed by atoms with Gasteiger partial charge in [0.05, 0.1) is 6.10 Å². The van der Waals surface area contributed by atoms with Crippen LogP contribution in [0.4, 0.5) is 5.69 Å². The smallest absolute Gasteiger partial charge is 0.247 e. The van der Waals surface area contributed by atoms with Crippen LogP contribution in [-0.4, -0.2) is 36.3 Å². The van der Waals surface area contributed by atoms with Gasteiger partial charge in [0.2, 0.25) is 5.91 Å². The lowest BCUT2D eigenvalue weighted by atomic mass is 9.47. The maximum Gasteiger partial charge on any atom is 0.247 e. The summed E-state index contributed by atoms with van der Waals surface area (Å²) in [6, 6.07) is 6.64. The molecule has 1 aromatic carbocycles. The van der Waals surface area contributed by atoms with E-state index in [-0.39, 0.29) is 23.7 Å². The Morgan fingerprint density at radius 3 is 2.86 bits per heavy atom. The van der Waals surface area contributed by atoms with Crippen LogP contribution >= 0.6 is 0 Å². The number of hydrogen-bond acceptors (Lipinski definition) is 4. The summed E-state index contributed by atoms with van der Waals surface area (Å²) in [6.45, 7) is 4.65. The van der Waals surface area contributed by atoms with Gasteiger partial charge in [-0.05, 0) is 18.6 Å². The molecule has 1 saturated carbocycles. The van der Waals surface area contributed by atoms with Crippen LogP contribution in [-0.2, 0) is 9.53 Å². The van der Waals surface area contributed by atoms with Crippen molar-refractivity contribution in [3.05, 3.63) is 24.3 Å². The number of phenols is 1. The highest BCUT2D eigenvalue weighted by molar-refractivity contribution is 6.02. The van der Waals surface area contributed by atoms with Crippen molar-refractivity contribution in [1.82, 2.24) is 0 Å². The van der Waals surface area contributed by atoms with Gasteiger partial charge in [-0.3, -0.25) is 4.79 Å². The lowest BCUT2D eigenvalue weighted by molar-refractivity contribution is -0.172. The van der Waals surface area contributed by atoms with Crippen molar-refractivity contribution in [2.45, 2.75) is 31.9 Å². The molecule has 0 bridgehead atoms. The van der Waals surface area contributed by atoms with Crippen LogP contribution in [0.2, 0.25) is 0 Å². The second-order valence-corrected chi connectivity index (χ2v) is 6.66. The van der Waals surface area contributed by atoms with Crippen LogP contribution in [0.5, 0.6) is 5.75 Å². The van der Waals surface area contributed by atoms with E-state index in [4.69, 9.17) is 10.5 Å². The highest BCUT2D eigenvalue weighted by Gasteiger charge is 2.71. The number of anilines is 1. The number of nitrogens with two attached hydrogens (primary N) is 1. The molecule has 1 heterocycles. The molecule has 0 spiro atoms. The summed E-state index contributed by atoms with van der Waals surface area (Å²) < 4.78 is 5.73. The number of ether oxygens (including phenoxy) is 1. The number of carbonyl (C=O) groups excluding carboxylic acids is 1. The van der Waals surface area contributed by atoms with Crippen molar-refractivity contribution in [3.8, 4) is 5.75 Å². The van der Waals surface area contributed by atoms with Crippen LogP contribution in [0.1, 0.15) is 20.3 Å². The zero-order valence-corrected chi connectivity index (χ0v) is 12.7. The predicted octanol–water partition coefficient (Wildman–Crippen LogP) is 1.50. The van der Waals surface area contributed by atoms with Crippen molar-refractivity contribution in [3.63, 3.8) is 0 Å². The van der Waals surface area contributed by atoms with Crippen LogP contribution in [0, 0.1) is 11.3 Å². The summed E-state index contributed by atoms with van der Waals surface area (Å²) >= 11 is 0. The molecule has 21 heavy (non-hydrogen) atoms. The number of carbonyl (C=O) groups is 1. The predicted molar refractivity (Wildman–Crippen MR) is 80.1 cm³/mol. The zero-order chi connectivity index (χ0) is 15.4. The number of fused-ring (bicyclic) bond motifs is 1. The van der Waals surface area contributed by atoms with Crippen molar-refractivity contribution < 1.29 is 14.6 Å². The van der Waals surface area contributed by atoms with E-state index in [0.29, 0.717) is 12.3 Å². The van der Waals surface area contributed by atoms with Crippen molar-refractivity contribution in [1.29, 1.82) is 0 Å². The summed E-state index contributed by atoms with van der Waals surface area (Å²) in [7, 11) is 1.70. The Morgan fingerprint density at radius 2 is 2.19 bits per heavy atom. The average Bonchev–Trinajstić information content (AvgIpc) is 2.93. The molecule has 1 saturated heterocycles. The van der Waals surface area contributed by atoms with Gasteiger partial charge in [0.15, 0.2) is 0 Å². The molecule has 1 amide bonds. The molecule has 3 unspecified atom stereocenters. The first-order valence-electron chi connectivity index (χ1n) is 7.28. The van der Waals surface area contributed by atoms with Gasteiger partial charge in [0.1, 0.15) is 11.3 Å². The summed E-state index contributed by atoms with van der Waals surface area (Å²) in [5.74, 6) is 0.0813. The van der Waals surface area contributed by atoms with Crippen molar-refractivity contribution in [2.75, 3.05) is 18.6 Å². The van der Waals surface area contributed by atoms with Crippen molar-refractivity contribution in [2.24, 2.45) is 17.1 Å². The van der Waals surface area contributed by atoms with E-state index in [1.54, 1.807) is 31.3 Å². The molecule has 2 aliphatic rings. The molecule has 1 aromatic rings. The van der Waals surface area contributed by atoms with Gasteiger partial charge in [-0.25, -0.2) is 0 Å². The summed E-state index contributed by atoms with van der Waals surface area (Å²) in [6.07, 6.45) is 0.883. The van der Waals surface area contributed by atoms with Crippen LogP contribution in [0.25, 0.3) is 0 Å². The highest BCUT2D eigenvalue weighted by Crippen LogP contribution is 2.58. The third kappa shape index (κ3) is 1.74. The Balaban J connectivity index is 1.91. The number of phenolic OH excluding ortho intramolecular Hbond substituents is 1. The summed E-state index contributed by atoms with van der Waals surface area (Å²) in [4.78, 5) is 14.5. The lowest BCUT2D eigenvalue weighted by Gasteiger charge is -2.61. The Bertz CT molecular complexity index is 587. The maximum absolute atomic E-state index is 13.0. The van der Waals surface area contributed by atoms with Gasteiger partial charge in [-0.15, -0.1) is 0 Å². The van der Waals surface area contributed by atoms with E-state index in [1.807, 2.05) is 13.8 Å². The second kappa shape index (κ2) is 4.45. The third-order valence-electron chi connectivity index (χ3n) is 5.33. The molecular weight excluding hydrogens is 268 g/mol. The number of benzene rings is 1. The van der Waals surface area contributed by atoms with Gasteiger partial charge in [-0.2, -0.15) is 0 Å². The monoisotopic (exact) mass is 290 g/mol. The standard InChI is InChI=1S/C16H22N2O3/c1-15(2)13-12(7-8-21-13)16(15,17)14(20)18(3)10-5-4-6-11(19)9-10/h4-6,9,12-13,19H,7-8,17H2,1-3H3. The minimum atomic E-state index is -0.922. The molecule has 2 fully saturated rings. The zero-order valence-electron chi connectivity index (χ0n) is 12.7. The fraction of sp³-hybridized carbons (Fsp3) is 0.562. The molecule has 5 nitrogen and oxygen atoms in total. The summed E-state index contributed by atoms with van der Waals surface area (Å²) in [5.41, 5.74) is 5.88. The van der Waals surface area contributed by atoms with Gasteiger partial charge in [0, 0.05) is 36.7 Å². The van der Waals surface area contributed by atoms with Crippen LogP contribution < -0.4 is 10.6 Å². The highest BCUT2D eigenvalue weighted by atomic mass is 16.5. The first-order valence-corrected chi connectivity index (χ1v) is 7.28. The fourth-order valence-electron chi connectivity index (χ4n) is 3.91. The second-order valence-electron chi connectivity index (χ2n) is 6.66. The number of rotatable bonds is 2. The molecule has 0 radical (unpaired) electrons. The number of likely N-dealkylation sites (N-methyl/N-ethyl adjacent to an activating group) is 1. The minimum Gasteiger partial charge on any atom is -0.508 e. The van der Waals surface area contributed by atoms with E-state index in [1.165, 1.54) is 4.90 Å². The number of aromatic hydroxyl groups is 1. The number of hydrogen-bond donors (Lipinski definition) is 2. The quantitative estimate of drug-likeness (QED) is 0.865. The maximum atomic E-state index is 13.0. The SMILES string of the molecule is CN(C(=O)C1(N)C2CCOC2C1(C)C)c1cccc(O)c1.